The van der Waals surface area contributed by atoms with Crippen LogP contribution in [0.15, 0.2) is 0 Å². The number of ether oxygens (including phenoxy) is 23. The molecule has 12 aliphatic rings. The molecular formula is C84H140N6O60. The van der Waals surface area contributed by atoms with E-state index in [4.69, 9.17) is 109 Å². The van der Waals surface area contributed by atoms with Gasteiger partial charge in [0.15, 0.2) is 75.5 Å². The zero-order valence-electron chi connectivity index (χ0n) is 81.1. The quantitative estimate of drug-likeness (QED) is 0.0272. The molecule has 12 rings (SSSR count). The van der Waals surface area contributed by atoms with Crippen LogP contribution in [0.3, 0.4) is 0 Å². The van der Waals surface area contributed by atoms with Gasteiger partial charge in [-0.2, -0.15) is 0 Å². The van der Waals surface area contributed by atoms with Crippen molar-refractivity contribution in [1.82, 2.24) is 31.9 Å². The van der Waals surface area contributed by atoms with Crippen LogP contribution in [0.5, 0.6) is 0 Å². The Hall–Kier alpha value is -5.34. The van der Waals surface area contributed by atoms with Crippen LogP contribution in [0.1, 0.15) is 48.5 Å². The minimum atomic E-state index is -2.92. The Balaban J connectivity index is 0.989. The van der Waals surface area contributed by atoms with Crippen molar-refractivity contribution in [2.45, 2.75) is 417 Å². The van der Waals surface area contributed by atoms with E-state index in [1.54, 1.807) is 0 Å². The molecule has 60 atom stereocenters. The molecule has 66 heteroatoms. The second-order valence-corrected chi connectivity index (χ2v) is 38.1. The molecule has 0 aromatic carbocycles. The van der Waals surface area contributed by atoms with Crippen LogP contribution in [-0.4, -0.2) is 635 Å². The van der Waals surface area contributed by atoms with Gasteiger partial charge in [-0.25, -0.2) is 0 Å². The van der Waals surface area contributed by atoms with Gasteiger partial charge in [-0.1, -0.05) is 0 Å². The third-order valence-corrected chi connectivity index (χ3v) is 27.4. The summed E-state index contributed by atoms with van der Waals surface area (Å²) in [7, 11) is 0. The maximum atomic E-state index is 14.0. The lowest BCUT2D eigenvalue weighted by Crippen LogP contribution is -2.72. The van der Waals surface area contributed by atoms with Gasteiger partial charge >= 0.3 is 0 Å². The molecule has 0 aromatic rings. The first-order chi connectivity index (χ1) is 70.9. The van der Waals surface area contributed by atoms with Crippen molar-refractivity contribution in [3.05, 3.63) is 0 Å². The third-order valence-electron chi connectivity index (χ3n) is 27.4. The van der Waals surface area contributed by atoms with Crippen LogP contribution >= 0.6 is 0 Å². The summed E-state index contributed by atoms with van der Waals surface area (Å²) in [6.45, 7) is -6.82. The summed E-state index contributed by atoms with van der Waals surface area (Å²) < 4.78 is 141. The van der Waals surface area contributed by atoms with Crippen LogP contribution < -0.4 is 31.9 Å². The standard InChI is InChI=1S/C84H140N6O60/c1-19-43(106)55(118)60(123)79(130-19)128-17-35-48(111)49(112)38(86-21(3)101)74(140-35)143-65-31(13-96)137-76(40(51(65)114)88-23(5)103)147-69-36(18-129-83-71(58(121)46(109)28(10-93)134-83)149-77-41(89-24(6)104)53(116)66(32(14-97)138-77)144-80-61(124)56(119)44(107)26(8-91)132-80)141-82(146-68-34(16-99)136-75(39(52(68)115)87-22(4)102)142-64-30(12-95)131-73(127)37(50(64)113)85-20(2)100)63(126)70(69)148-84-72(59(122)47(110)29(11-94)135-84)150-78-42(90-25(7)105)54(117)67(33(15-98)139-78)145-81-62(125)57(120)45(108)27(9-92)133-81/h19,26-84,91-99,106-127H,8-18H2,1-7H3,(H,85,100)(H,86,101)(H,87,102)(H,88,103)(H,89,104)(H,90,105)/t19-,26+,27+,28+,29+,30+,31+,32+,33+,34+,35+,36+,37+,38+,39+,40+,41+,42+,43+,44-,45-,46+,47+,48+,49+,50+,51+,52+,53+,54+,55+,56-,57-,58-,59-,60-,61+,62+,63-,64+,65+,66+,67+,68+,69+,70+,71-,72-,73+,74-,75-,76-,77-,78-,79+,80-,81-,82-,83-,84+/m0/s1. The Morgan fingerprint density at radius 2 is 0.413 bits per heavy atom. The van der Waals surface area contributed by atoms with E-state index < -0.39 is 476 Å². The maximum Gasteiger partial charge on any atom is 0.217 e. The summed E-state index contributed by atoms with van der Waals surface area (Å²) >= 11 is 0. The average molecular weight is 2190 g/mol. The smallest absolute Gasteiger partial charge is 0.217 e. The fraction of sp³-hybridized carbons (Fsp3) is 0.929. The van der Waals surface area contributed by atoms with E-state index in [0.717, 1.165) is 41.5 Å². The van der Waals surface area contributed by atoms with Crippen molar-refractivity contribution < 1.29 is 296 Å². The van der Waals surface area contributed by atoms with Crippen LogP contribution in [0.4, 0.5) is 0 Å². The molecule has 866 valence electrons. The lowest BCUT2D eigenvalue weighted by atomic mass is 9.93. The summed E-state index contributed by atoms with van der Waals surface area (Å²) in [6.07, 6.45) is -119. The molecule has 66 nitrogen and oxygen atoms in total. The van der Waals surface area contributed by atoms with Crippen LogP contribution in [0.25, 0.3) is 0 Å². The summed E-state index contributed by atoms with van der Waals surface area (Å²) in [4.78, 5) is 79.6. The average Bonchev–Trinajstić information content (AvgIpc) is 0.748. The maximum absolute atomic E-state index is 14.0. The Morgan fingerprint density at radius 3 is 0.767 bits per heavy atom. The van der Waals surface area contributed by atoms with E-state index in [1.165, 1.54) is 6.92 Å². The van der Waals surface area contributed by atoms with Crippen LogP contribution in [0.2, 0.25) is 0 Å². The van der Waals surface area contributed by atoms with Gasteiger partial charge in [0, 0.05) is 41.5 Å². The highest BCUT2D eigenvalue weighted by atomic mass is 16.8. The molecule has 0 radical (unpaired) electrons. The predicted molar refractivity (Wildman–Crippen MR) is 463 cm³/mol. The highest BCUT2D eigenvalue weighted by molar-refractivity contribution is 5.75. The number of carbonyl (C=O) groups is 6. The number of rotatable bonds is 39. The second kappa shape index (κ2) is 54.0. The summed E-state index contributed by atoms with van der Waals surface area (Å²) in [5.41, 5.74) is 0. The Bertz CT molecular complexity index is 4250. The van der Waals surface area contributed by atoms with Gasteiger partial charge in [-0.05, 0) is 6.92 Å². The Labute approximate surface area is 849 Å². The summed E-state index contributed by atoms with van der Waals surface area (Å²) in [5.74, 6) is -6.13. The number of nitrogens with one attached hydrogen (secondary N) is 6. The number of aliphatic hydroxyl groups is 31. The minimum absolute atomic E-state index is 0.829. The van der Waals surface area contributed by atoms with E-state index in [2.05, 4.69) is 31.9 Å². The highest BCUT2D eigenvalue weighted by Gasteiger charge is 2.64. The molecule has 12 aliphatic heterocycles. The SMILES string of the molecule is CC(=O)N[C@@H]1[C@@H](O)[C@H](O[C@@H]2O[C@H](CO)[C@@H](O[C@@H]3O[C@H](CO[C@H]4O[C@H](CO)[C@@H](O)[C@H](O)[C@@H]4O[C@@H]4O[C@H](CO)[C@@H](O[C@@H]5O[C@H](CO)[C@H](O)[C@H](O)[C@H]5O)[C@H](O)[C@H]4NC(C)=O)[C@@H](O[C@@H]4O[C@H](CO)[C@@H](O[C@@H]5O[C@H](CO[C@@H]6O[C@@H](C)[C@@H](O)[C@@H](O)[C@@H]6O)[C@@H](O)[C@H](O)[C@H]5NC(C)=O)[C@H](O)[C@H]4NC(C)=O)[C@H](O[C@H]4O[C@H](CO)[C@@H](O)[C@H](O)[C@@H]4O[C@@H]4O[C@H](CO)[C@@H](O[C@@H]5O[C@H](CO)[C@H](O)[C@H](O)[C@H]5O)[C@H](O)[C@H]4NC(C)=O)[C@@H]3O)[C@H](O)[C@H]2NC(C)=O)[C@@H](CO)O[C@H]1O. The summed E-state index contributed by atoms with van der Waals surface area (Å²) in [5, 5.41) is 368. The van der Waals surface area contributed by atoms with Crippen LogP contribution in [0, 0.1) is 0 Å². The zero-order valence-corrected chi connectivity index (χ0v) is 81.1. The van der Waals surface area contributed by atoms with Gasteiger partial charge in [-0.3, -0.25) is 28.8 Å². The number of carbonyl (C=O) groups excluding carboxylic acids is 6. The molecule has 37 N–H and O–H groups in total. The third kappa shape index (κ3) is 27.5. The Kier molecular flexibility index (Phi) is 44.4. The van der Waals surface area contributed by atoms with E-state index in [9.17, 15) is 187 Å². The van der Waals surface area contributed by atoms with Crippen molar-refractivity contribution in [2.75, 3.05) is 72.7 Å². The number of hydrogen-bond acceptors (Lipinski definition) is 60. The predicted octanol–water partition coefficient (Wildman–Crippen LogP) is -25.3. The molecule has 0 bridgehead atoms. The molecule has 12 saturated heterocycles. The highest BCUT2D eigenvalue weighted by Crippen LogP contribution is 2.44. The van der Waals surface area contributed by atoms with Crippen molar-refractivity contribution >= 4 is 35.4 Å². The molecule has 0 unspecified atom stereocenters. The van der Waals surface area contributed by atoms with Crippen molar-refractivity contribution in [1.29, 1.82) is 0 Å². The van der Waals surface area contributed by atoms with Gasteiger partial charge in [0.1, 0.15) is 287 Å². The molecule has 0 spiro atoms. The first-order valence-electron chi connectivity index (χ1n) is 48.0. The first kappa shape index (κ1) is 123. The van der Waals surface area contributed by atoms with Gasteiger partial charge in [0.25, 0.3) is 0 Å². The molecule has 6 amide bonds. The fourth-order valence-corrected chi connectivity index (χ4v) is 19.6. The summed E-state index contributed by atoms with van der Waals surface area (Å²) in [6, 6.07) is -12.3. The van der Waals surface area contributed by atoms with Crippen LogP contribution in [-0.2, 0) is 138 Å². The fourth-order valence-electron chi connectivity index (χ4n) is 19.6. The molecule has 0 aromatic heterocycles. The minimum Gasteiger partial charge on any atom is -0.394 e. The van der Waals surface area contributed by atoms with Gasteiger partial charge in [0.2, 0.25) is 35.4 Å². The van der Waals surface area contributed by atoms with Gasteiger partial charge in [-0.15, -0.1) is 0 Å². The molecule has 0 saturated carbocycles. The van der Waals surface area contributed by atoms with Crippen molar-refractivity contribution in [2.24, 2.45) is 0 Å². The van der Waals surface area contributed by atoms with E-state index in [-0.39, 0.29) is 0 Å². The first-order valence-corrected chi connectivity index (χ1v) is 48.0. The van der Waals surface area contributed by atoms with Crippen molar-refractivity contribution in [3.8, 4) is 0 Å². The van der Waals surface area contributed by atoms with Crippen molar-refractivity contribution in [3.63, 3.8) is 0 Å². The number of amides is 6. The topological polar surface area (TPSA) is 1010 Å². The lowest BCUT2D eigenvalue weighted by Gasteiger charge is -2.53. The lowest BCUT2D eigenvalue weighted by molar-refractivity contribution is -0.410. The van der Waals surface area contributed by atoms with Gasteiger partial charge in [0.05, 0.1) is 78.8 Å². The second-order valence-electron chi connectivity index (χ2n) is 38.1. The van der Waals surface area contributed by atoms with E-state index in [0.29, 0.717) is 0 Å². The molecule has 150 heavy (non-hydrogen) atoms. The van der Waals surface area contributed by atoms with E-state index >= 15 is 0 Å². The Morgan fingerprint density at radius 1 is 0.187 bits per heavy atom. The van der Waals surface area contributed by atoms with E-state index in [1.807, 2.05) is 0 Å². The molecule has 12 fully saturated rings. The molecular weight excluding hydrogens is 2050 g/mol. The number of aliphatic hydroxyl groups excluding tert-OH is 31. The number of hydrogen-bond donors (Lipinski definition) is 37. The molecule has 0 aliphatic carbocycles. The monoisotopic (exact) mass is 2190 g/mol. The largest absolute Gasteiger partial charge is 0.394 e. The molecule has 12 heterocycles. The zero-order chi connectivity index (χ0) is 110. The normalized spacial score (nSPS) is 48.8. The van der Waals surface area contributed by atoms with Gasteiger partial charge < -0.3 is 299 Å².